The largest absolute Gasteiger partial charge is 0.462 e. The number of ether oxygens (including phenoxy) is 1. The Balaban J connectivity index is 2.77. The number of halogens is 4. The standard InChI is InChI=1S/C15H14ClF3N2O2/c1-4-23-14(22)9-7-20-12-6-10(15(17,18)19)11(16)5-8(12)13(9)21(2)3/h5-7H,4H2,1-3H3. The first-order valence-electron chi connectivity index (χ1n) is 6.70. The zero-order chi connectivity index (χ0) is 17.4. The molecule has 0 spiro atoms. The quantitative estimate of drug-likeness (QED) is 0.783. The van der Waals surface area contributed by atoms with Crippen LogP contribution in [-0.2, 0) is 10.9 Å². The van der Waals surface area contributed by atoms with Crippen molar-refractivity contribution < 1.29 is 22.7 Å². The van der Waals surface area contributed by atoms with E-state index in [9.17, 15) is 18.0 Å². The van der Waals surface area contributed by atoms with E-state index in [2.05, 4.69) is 4.98 Å². The van der Waals surface area contributed by atoms with Gasteiger partial charge in [0.2, 0.25) is 0 Å². The second-order valence-electron chi connectivity index (χ2n) is 4.98. The van der Waals surface area contributed by atoms with Crippen molar-refractivity contribution in [3.05, 3.63) is 34.5 Å². The number of hydrogen-bond donors (Lipinski definition) is 0. The zero-order valence-electron chi connectivity index (χ0n) is 12.7. The number of carbonyl (C=O) groups is 1. The number of aromatic nitrogens is 1. The lowest BCUT2D eigenvalue weighted by Crippen LogP contribution is -2.17. The predicted octanol–water partition coefficient (Wildman–Crippen LogP) is 4.15. The van der Waals surface area contributed by atoms with Gasteiger partial charge in [-0.05, 0) is 19.1 Å². The van der Waals surface area contributed by atoms with Crippen LogP contribution in [0.1, 0.15) is 22.8 Å². The minimum atomic E-state index is -4.58. The summed E-state index contributed by atoms with van der Waals surface area (Å²) in [5.74, 6) is -0.596. The van der Waals surface area contributed by atoms with Crippen molar-refractivity contribution in [2.75, 3.05) is 25.6 Å². The van der Waals surface area contributed by atoms with Crippen molar-refractivity contribution in [2.45, 2.75) is 13.1 Å². The lowest BCUT2D eigenvalue weighted by atomic mass is 10.1. The molecule has 0 saturated heterocycles. The lowest BCUT2D eigenvalue weighted by Gasteiger charge is -2.20. The molecule has 0 atom stereocenters. The van der Waals surface area contributed by atoms with E-state index in [0.29, 0.717) is 11.1 Å². The number of carbonyl (C=O) groups excluding carboxylic acids is 1. The highest BCUT2D eigenvalue weighted by Gasteiger charge is 2.34. The molecule has 0 aliphatic carbocycles. The molecule has 1 aromatic carbocycles. The first-order chi connectivity index (χ1) is 10.7. The fourth-order valence-electron chi connectivity index (χ4n) is 2.26. The van der Waals surface area contributed by atoms with Gasteiger partial charge in [0.15, 0.2) is 0 Å². The predicted molar refractivity (Wildman–Crippen MR) is 82.0 cm³/mol. The van der Waals surface area contributed by atoms with Crippen LogP contribution in [0, 0.1) is 0 Å². The number of nitrogens with zero attached hydrogens (tertiary/aromatic N) is 2. The highest BCUT2D eigenvalue weighted by Crippen LogP contribution is 2.39. The maximum atomic E-state index is 12.9. The van der Waals surface area contributed by atoms with Gasteiger partial charge < -0.3 is 9.64 Å². The Morgan fingerprint density at radius 3 is 2.52 bits per heavy atom. The Morgan fingerprint density at radius 1 is 1.35 bits per heavy atom. The molecule has 1 aromatic heterocycles. The van der Waals surface area contributed by atoms with Gasteiger partial charge in [0.1, 0.15) is 5.56 Å². The van der Waals surface area contributed by atoms with Gasteiger partial charge in [-0.1, -0.05) is 11.6 Å². The van der Waals surface area contributed by atoms with Crippen LogP contribution in [0.5, 0.6) is 0 Å². The molecule has 0 aliphatic heterocycles. The second kappa shape index (κ2) is 6.23. The molecule has 0 radical (unpaired) electrons. The van der Waals surface area contributed by atoms with Crippen LogP contribution >= 0.6 is 11.6 Å². The van der Waals surface area contributed by atoms with E-state index in [-0.39, 0.29) is 17.7 Å². The Kier molecular flexibility index (Phi) is 4.70. The van der Waals surface area contributed by atoms with Gasteiger partial charge in [0.05, 0.1) is 28.4 Å². The third-order valence-electron chi connectivity index (χ3n) is 3.18. The van der Waals surface area contributed by atoms with E-state index < -0.39 is 22.7 Å². The average Bonchev–Trinajstić information content (AvgIpc) is 2.44. The molecule has 0 aliphatic rings. The number of rotatable bonds is 3. The summed E-state index contributed by atoms with van der Waals surface area (Å²) < 4.78 is 43.8. The highest BCUT2D eigenvalue weighted by atomic mass is 35.5. The molecule has 23 heavy (non-hydrogen) atoms. The van der Waals surface area contributed by atoms with Crippen molar-refractivity contribution in [1.82, 2.24) is 4.98 Å². The summed E-state index contributed by atoms with van der Waals surface area (Å²) in [5, 5.41) is -0.102. The normalized spacial score (nSPS) is 11.6. The molecule has 0 unspecified atom stereocenters. The summed E-state index contributed by atoms with van der Waals surface area (Å²) in [5.41, 5.74) is -0.296. The molecule has 8 heteroatoms. The van der Waals surface area contributed by atoms with Gasteiger partial charge in [-0.25, -0.2) is 4.79 Å². The number of pyridine rings is 1. The molecule has 0 bridgehead atoms. The minimum absolute atomic E-state index is 0.0958. The first kappa shape index (κ1) is 17.3. The summed E-state index contributed by atoms with van der Waals surface area (Å²) >= 11 is 5.78. The van der Waals surface area contributed by atoms with E-state index in [0.717, 1.165) is 6.07 Å². The molecule has 1 heterocycles. The minimum Gasteiger partial charge on any atom is -0.462 e. The van der Waals surface area contributed by atoms with Gasteiger partial charge in [-0.2, -0.15) is 13.2 Å². The van der Waals surface area contributed by atoms with E-state index in [1.807, 2.05) is 0 Å². The van der Waals surface area contributed by atoms with E-state index in [1.165, 1.54) is 12.3 Å². The smallest absolute Gasteiger partial charge is 0.417 e. The second-order valence-corrected chi connectivity index (χ2v) is 5.39. The van der Waals surface area contributed by atoms with Crippen LogP contribution in [0.2, 0.25) is 5.02 Å². The van der Waals surface area contributed by atoms with Crippen LogP contribution in [0.3, 0.4) is 0 Å². The fourth-order valence-corrected chi connectivity index (χ4v) is 2.53. The summed E-state index contributed by atoms with van der Waals surface area (Å²) in [7, 11) is 3.34. The van der Waals surface area contributed by atoms with Crippen molar-refractivity contribution in [2.24, 2.45) is 0 Å². The van der Waals surface area contributed by atoms with Gasteiger partial charge in [0.25, 0.3) is 0 Å². The maximum absolute atomic E-state index is 12.9. The topological polar surface area (TPSA) is 42.4 Å². The maximum Gasteiger partial charge on any atom is 0.417 e. The number of hydrogen-bond acceptors (Lipinski definition) is 4. The Hall–Kier alpha value is -2.02. The molecule has 0 saturated carbocycles. The molecule has 0 amide bonds. The number of esters is 1. The van der Waals surface area contributed by atoms with Crippen molar-refractivity contribution in [3.63, 3.8) is 0 Å². The molecule has 4 nitrogen and oxygen atoms in total. The average molecular weight is 347 g/mol. The van der Waals surface area contributed by atoms with E-state index >= 15 is 0 Å². The summed E-state index contributed by atoms with van der Waals surface area (Å²) in [6.45, 7) is 1.84. The number of alkyl halides is 3. The highest BCUT2D eigenvalue weighted by molar-refractivity contribution is 6.32. The van der Waals surface area contributed by atoms with Gasteiger partial charge in [-0.3, -0.25) is 4.98 Å². The Bertz CT molecular complexity index is 760. The lowest BCUT2D eigenvalue weighted by molar-refractivity contribution is -0.137. The van der Waals surface area contributed by atoms with Crippen molar-refractivity contribution >= 4 is 34.2 Å². The number of benzene rings is 1. The van der Waals surface area contributed by atoms with Crippen LogP contribution in [0.4, 0.5) is 18.9 Å². The zero-order valence-corrected chi connectivity index (χ0v) is 13.4. The van der Waals surface area contributed by atoms with Gasteiger partial charge in [0, 0.05) is 25.7 Å². The van der Waals surface area contributed by atoms with Crippen LogP contribution in [0.25, 0.3) is 10.9 Å². The molecule has 0 N–H and O–H groups in total. The first-order valence-corrected chi connectivity index (χ1v) is 7.08. The third kappa shape index (κ3) is 3.34. The summed E-state index contributed by atoms with van der Waals surface area (Å²) in [6.07, 6.45) is -3.37. The van der Waals surface area contributed by atoms with E-state index in [1.54, 1.807) is 25.9 Å². The SMILES string of the molecule is CCOC(=O)c1cnc2cc(C(F)(F)F)c(Cl)cc2c1N(C)C. The molecular formula is C15H14ClF3N2O2. The Morgan fingerprint density at radius 2 is 2.00 bits per heavy atom. The molecule has 2 aromatic rings. The molecule has 2 rings (SSSR count). The van der Waals surface area contributed by atoms with Gasteiger partial charge >= 0.3 is 12.1 Å². The third-order valence-corrected chi connectivity index (χ3v) is 3.49. The number of fused-ring (bicyclic) bond motifs is 1. The Labute approximate surface area is 135 Å². The van der Waals surface area contributed by atoms with Crippen molar-refractivity contribution in [1.29, 1.82) is 0 Å². The molecule has 0 fully saturated rings. The summed E-state index contributed by atoms with van der Waals surface area (Å²) in [4.78, 5) is 17.6. The number of anilines is 1. The van der Waals surface area contributed by atoms with Gasteiger partial charge in [-0.15, -0.1) is 0 Å². The molecule has 124 valence electrons. The monoisotopic (exact) mass is 346 g/mol. The van der Waals surface area contributed by atoms with Crippen LogP contribution in [0.15, 0.2) is 18.3 Å². The summed E-state index contributed by atoms with van der Waals surface area (Å²) in [6, 6.07) is 2.05. The fraction of sp³-hybridized carbons (Fsp3) is 0.333. The van der Waals surface area contributed by atoms with Crippen LogP contribution < -0.4 is 4.90 Å². The van der Waals surface area contributed by atoms with Crippen molar-refractivity contribution in [3.8, 4) is 0 Å². The van der Waals surface area contributed by atoms with E-state index in [4.69, 9.17) is 16.3 Å². The molecular weight excluding hydrogens is 333 g/mol. The van der Waals surface area contributed by atoms with Crippen LogP contribution in [-0.4, -0.2) is 31.7 Å².